The van der Waals surface area contributed by atoms with Crippen LogP contribution in [-0.4, -0.2) is 35.6 Å². The summed E-state index contributed by atoms with van der Waals surface area (Å²) in [4.78, 5) is 13.9. The smallest absolute Gasteiger partial charge is 0.246 e. The van der Waals surface area contributed by atoms with Gasteiger partial charge in [-0.25, -0.2) is 0 Å². The Bertz CT molecular complexity index is 545. The maximum atomic E-state index is 12.1. The van der Waals surface area contributed by atoms with E-state index >= 15 is 0 Å². The van der Waals surface area contributed by atoms with E-state index in [1.165, 1.54) is 11.1 Å². The van der Waals surface area contributed by atoms with Crippen LogP contribution in [0.4, 0.5) is 0 Å². The van der Waals surface area contributed by atoms with Crippen molar-refractivity contribution >= 4 is 5.91 Å². The Balaban J connectivity index is 4.39. The van der Waals surface area contributed by atoms with E-state index in [0.717, 1.165) is 62.8 Å². The molecule has 0 aromatic heterocycles. The summed E-state index contributed by atoms with van der Waals surface area (Å²) in [6.45, 7) is 14.1. The molecule has 3 heteroatoms. The topological polar surface area (TPSA) is 40.5 Å². The first kappa shape index (κ1) is 25.4. The van der Waals surface area contributed by atoms with E-state index < -0.39 is 0 Å². The van der Waals surface area contributed by atoms with Crippen LogP contribution in [0.25, 0.3) is 0 Å². The predicted molar refractivity (Wildman–Crippen MR) is 118 cm³/mol. The second-order valence-electron chi connectivity index (χ2n) is 7.47. The fourth-order valence-electron chi connectivity index (χ4n) is 2.85. The van der Waals surface area contributed by atoms with Gasteiger partial charge < -0.3 is 10.0 Å². The molecule has 1 N–H and O–H groups in total. The van der Waals surface area contributed by atoms with E-state index in [-0.39, 0.29) is 12.5 Å². The maximum absolute atomic E-state index is 12.1. The van der Waals surface area contributed by atoms with Crippen molar-refractivity contribution in [2.24, 2.45) is 0 Å². The molecule has 0 atom stereocenters. The van der Waals surface area contributed by atoms with Gasteiger partial charge in [0.1, 0.15) is 0 Å². The molecule has 154 valence electrons. The van der Waals surface area contributed by atoms with Crippen molar-refractivity contribution in [3.8, 4) is 0 Å². The molecule has 1 amide bonds. The largest absolute Gasteiger partial charge is 0.392 e. The van der Waals surface area contributed by atoms with Gasteiger partial charge in [-0.05, 0) is 85.6 Å². The van der Waals surface area contributed by atoms with Gasteiger partial charge >= 0.3 is 0 Å². The van der Waals surface area contributed by atoms with Crippen molar-refractivity contribution in [3.63, 3.8) is 0 Å². The maximum Gasteiger partial charge on any atom is 0.246 e. The zero-order valence-electron chi connectivity index (χ0n) is 18.5. The lowest BCUT2D eigenvalue weighted by Gasteiger charge is -2.16. The van der Waals surface area contributed by atoms with Crippen LogP contribution in [0.15, 0.2) is 46.6 Å². The molecular weight excluding hydrogens is 334 g/mol. The van der Waals surface area contributed by atoms with Crippen LogP contribution in [0.3, 0.4) is 0 Å². The summed E-state index contributed by atoms with van der Waals surface area (Å²) in [5.41, 5.74) is 4.97. The average molecular weight is 376 g/mol. The molecule has 0 aromatic rings. The summed E-state index contributed by atoms with van der Waals surface area (Å²) >= 11 is 0. The normalized spacial score (nSPS) is 12.9. The molecule has 27 heavy (non-hydrogen) atoms. The molecule has 0 radical (unpaired) electrons. The standard InChI is InChI=1S/C24H41NO2/c1-7-25(8-2)24(27)18-22(6)15-11-17-23(19-26)16-10-14-21(5)13-9-12-20(3)4/h12,14,17-18,26H,7-11,13,15-16,19H2,1-6H3. The highest BCUT2D eigenvalue weighted by Crippen LogP contribution is 2.14. The van der Waals surface area contributed by atoms with Gasteiger partial charge in [0.05, 0.1) is 6.61 Å². The molecular formula is C24H41NO2. The monoisotopic (exact) mass is 375 g/mol. The quantitative estimate of drug-likeness (QED) is 0.318. The zero-order chi connectivity index (χ0) is 20.7. The Hall–Kier alpha value is -1.61. The molecule has 0 spiro atoms. The first-order valence-corrected chi connectivity index (χ1v) is 10.4. The first-order chi connectivity index (χ1) is 12.8. The number of likely N-dealkylation sites (N-methyl/N-ethyl adjacent to an activating group) is 1. The van der Waals surface area contributed by atoms with E-state index in [1.807, 2.05) is 25.7 Å². The number of carbonyl (C=O) groups excluding carboxylic acids is 1. The predicted octanol–water partition coefficient (Wildman–Crippen LogP) is 5.97. The van der Waals surface area contributed by atoms with Crippen LogP contribution in [0.2, 0.25) is 0 Å². The van der Waals surface area contributed by atoms with Gasteiger partial charge in [-0.15, -0.1) is 0 Å². The number of allylic oxidation sites excluding steroid dienone is 6. The van der Waals surface area contributed by atoms with Crippen molar-refractivity contribution in [1.29, 1.82) is 0 Å². The minimum atomic E-state index is 0.0950. The third-order valence-corrected chi connectivity index (χ3v) is 4.67. The number of aliphatic hydroxyl groups is 1. The minimum Gasteiger partial charge on any atom is -0.392 e. The van der Waals surface area contributed by atoms with E-state index in [4.69, 9.17) is 0 Å². The van der Waals surface area contributed by atoms with Crippen LogP contribution in [0.1, 0.15) is 80.1 Å². The van der Waals surface area contributed by atoms with Crippen LogP contribution in [-0.2, 0) is 4.79 Å². The van der Waals surface area contributed by atoms with Crippen molar-refractivity contribution in [2.45, 2.75) is 80.1 Å². The molecule has 0 saturated heterocycles. The number of amides is 1. The summed E-state index contributed by atoms with van der Waals surface area (Å²) in [6.07, 6.45) is 14.2. The SMILES string of the molecule is CCN(CC)C(=O)C=C(C)CCC=C(CO)CCC=C(C)CCC=C(C)C. The van der Waals surface area contributed by atoms with Crippen molar-refractivity contribution in [2.75, 3.05) is 19.7 Å². The second kappa shape index (κ2) is 15.4. The lowest BCUT2D eigenvalue weighted by atomic mass is 10.0. The summed E-state index contributed by atoms with van der Waals surface area (Å²) in [5, 5.41) is 9.57. The number of hydrogen-bond donors (Lipinski definition) is 1. The van der Waals surface area contributed by atoms with Crippen molar-refractivity contribution < 1.29 is 9.90 Å². The third kappa shape index (κ3) is 13.2. The summed E-state index contributed by atoms with van der Waals surface area (Å²) in [6, 6.07) is 0. The van der Waals surface area contributed by atoms with E-state index in [1.54, 1.807) is 6.08 Å². The molecule has 0 heterocycles. The number of hydrogen-bond acceptors (Lipinski definition) is 2. The average Bonchev–Trinajstić information content (AvgIpc) is 2.61. The number of nitrogens with zero attached hydrogens (tertiary/aromatic N) is 1. The highest BCUT2D eigenvalue weighted by Gasteiger charge is 2.06. The summed E-state index contributed by atoms with van der Waals surface area (Å²) in [7, 11) is 0. The third-order valence-electron chi connectivity index (χ3n) is 4.67. The molecule has 0 rings (SSSR count). The van der Waals surface area contributed by atoms with Crippen LogP contribution < -0.4 is 0 Å². The van der Waals surface area contributed by atoms with Gasteiger partial charge in [-0.1, -0.05) is 34.9 Å². The van der Waals surface area contributed by atoms with Gasteiger partial charge in [0.25, 0.3) is 0 Å². The number of rotatable bonds is 13. The minimum absolute atomic E-state index is 0.0950. The van der Waals surface area contributed by atoms with Gasteiger partial charge in [0, 0.05) is 19.2 Å². The highest BCUT2D eigenvalue weighted by molar-refractivity contribution is 5.88. The lowest BCUT2D eigenvalue weighted by molar-refractivity contribution is -0.125. The van der Waals surface area contributed by atoms with Crippen LogP contribution in [0.5, 0.6) is 0 Å². The fraction of sp³-hybridized carbons (Fsp3) is 0.625. The second-order valence-corrected chi connectivity index (χ2v) is 7.47. The van der Waals surface area contributed by atoms with E-state index in [0.29, 0.717) is 0 Å². The van der Waals surface area contributed by atoms with Gasteiger partial charge in [-0.2, -0.15) is 0 Å². The molecule has 3 nitrogen and oxygen atoms in total. The van der Waals surface area contributed by atoms with Crippen molar-refractivity contribution in [3.05, 3.63) is 46.6 Å². The number of carbonyl (C=O) groups is 1. The molecule has 0 fully saturated rings. The first-order valence-electron chi connectivity index (χ1n) is 10.4. The Morgan fingerprint density at radius 2 is 1.37 bits per heavy atom. The Kier molecular flexibility index (Phi) is 14.5. The van der Waals surface area contributed by atoms with Crippen LogP contribution in [0, 0.1) is 0 Å². The molecule has 0 aliphatic heterocycles. The highest BCUT2D eigenvalue weighted by atomic mass is 16.3. The van der Waals surface area contributed by atoms with Gasteiger partial charge in [0.15, 0.2) is 0 Å². The van der Waals surface area contributed by atoms with E-state index in [2.05, 4.69) is 39.0 Å². The fourth-order valence-corrected chi connectivity index (χ4v) is 2.85. The molecule has 0 aliphatic rings. The summed E-state index contributed by atoms with van der Waals surface area (Å²) in [5.74, 6) is 0.0950. The molecule has 0 unspecified atom stereocenters. The molecule has 0 aliphatic carbocycles. The van der Waals surface area contributed by atoms with Crippen LogP contribution >= 0.6 is 0 Å². The van der Waals surface area contributed by atoms with Gasteiger partial charge in [-0.3, -0.25) is 4.79 Å². The van der Waals surface area contributed by atoms with Crippen molar-refractivity contribution in [1.82, 2.24) is 4.90 Å². The molecule has 0 bridgehead atoms. The lowest BCUT2D eigenvalue weighted by Crippen LogP contribution is -2.28. The number of aliphatic hydroxyl groups excluding tert-OH is 1. The molecule has 0 aromatic carbocycles. The zero-order valence-corrected chi connectivity index (χ0v) is 18.5. The Labute approximate surface area is 167 Å². The molecule has 0 saturated carbocycles. The summed E-state index contributed by atoms with van der Waals surface area (Å²) < 4.78 is 0. The Morgan fingerprint density at radius 1 is 0.815 bits per heavy atom. The van der Waals surface area contributed by atoms with E-state index in [9.17, 15) is 9.90 Å². The Morgan fingerprint density at radius 3 is 1.93 bits per heavy atom. The van der Waals surface area contributed by atoms with Gasteiger partial charge in [0.2, 0.25) is 5.91 Å².